The zero-order valence-electron chi connectivity index (χ0n) is 20.5. The fourth-order valence-electron chi connectivity index (χ4n) is 3.97. The Labute approximate surface area is 215 Å². The molecule has 2 aromatic carbocycles. The van der Waals surface area contributed by atoms with Gasteiger partial charge in [-0.15, -0.1) is 0 Å². The van der Waals surface area contributed by atoms with Crippen LogP contribution in [-0.2, 0) is 10.9 Å². The number of nitrogens with one attached hydrogen (secondary N) is 2. The van der Waals surface area contributed by atoms with E-state index in [0.717, 1.165) is 12.1 Å². The molecule has 1 aromatic heterocycles. The molecule has 0 radical (unpaired) electrons. The zero-order chi connectivity index (χ0) is 27.4. The number of rotatable bonds is 10. The van der Waals surface area contributed by atoms with Crippen molar-refractivity contribution in [3.63, 3.8) is 0 Å². The molecule has 0 unspecified atom stereocenters. The fourth-order valence-corrected chi connectivity index (χ4v) is 3.97. The van der Waals surface area contributed by atoms with Gasteiger partial charge in [-0.3, -0.25) is 10.1 Å². The minimum atomic E-state index is -4.77. The average Bonchev–Trinajstić information content (AvgIpc) is 3.39. The first kappa shape index (κ1) is 27.1. The van der Waals surface area contributed by atoms with E-state index in [1.165, 1.54) is 7.11 Å². The molecule has 2 atom stereocenters. The van der Waals surface area contributed by atoms with Gasteiger partial charge in [-0.2, -0.15) is 18.2 Å². The molecule has 0 spiro atoms. The van der Waals surface area contributed by atoms with Crippen molar-refractivity contribution in [1.82, 2.24) is 9.97 Å². The van der Waals surface area contributed by atoms with Gasteiger partial charge in [0.15, 0.2) is 11.5 Å². The molecule has 14 heteroatoms. The van der Waals surface area contributed by atoms with Gasteiger partial charge >= 0.3 is 6.18 Å². The second-order valence-electron chi connectivity index (χ2n) is 8.60. The largest absolute Gasteiger partial charge is 0.493 e. The molecule has 0 amide bonds. The summed E-state index contributed by atoms with van der Waals surface area (Å²) in [5.41, 5.74) is -1.35. The Kier molecular flexibility index (Phi) is 8.02. The quantitative estimate of drug-likeness (QED) is 0.253. The van der Waals surface area contributed by atoms with Crippen LogP contribution in [0.15, 0.2) is 30.3 Å². The Hall–Kier alpha value is -3.91. The smallest absolute Gasteiger partial charge is 0.416 e. The minimum absolute atomic E-state index is 0.0382. The van der Waals surface area contributed by atoms with Crippen molar-refractivity contribution < 1.29 is 37.4 Å². The van der Waals surface area contributed by atoms with Gasteiger partial charge in [0, 0.05) is 36.6 Å². The number of methoxy groups -OCH3 is 1. The van der Waals surface area contributed by atoms with Crippen LogP contribution in [-0.4, -0.2) is 59.6 Å². The Balaban J connectivity index is 1.77. The molecule has 4 rings (SSSR count). The lowest BCUT2D eigenvalue weighted by Crippen LogP contribution is -2.17. The second-order valence-corrected chi connectivity index (χ2v) is 8.60. The number of alkyl halides is 3. The van der Waals surface area contributed by atoms with Crippen LogP contribution in [0.25, 0.3) is 10.9 Å². The molecular formula is C24H26F3N5O6. The molecule has 0 saturated carbocycles. The summed E-state index contributed by atoms with van der Waals surface area (Å²) in [6, 6.07) is 4.91. The van der Waals surface area contributed by atoms with Crippen LogP contribution in [0.4, 0.5) is 30.6 Å². The van der Waals surface area contributed by atoms with Crippen LogP contribution in [0.5, 0.6) is 11.5 Å². The lowest BCUT2D eigenvalue weighted by Gasteiger charge is -2.20. The molecule has 3 aromatic rings. The first-order chi connectivity index (χ1) is 18.1. The van der Waals surface area contributed by atoms with Crippen LogP contribution in [0.3, 0.4) is 0 Å². The van der Waals surface area contributed by atoms with Gasteiger partial charge in [0.2, 0.25) is 5.95 Å². The number of nitrogens with zero attached hydrogens (tertiary/aromatic N) is 3. The number of benzene rings is 2. The van der Waals surface area contributed by atoms with E-state index in [0.29, 0.717) is 48.1 Å². The Morgan fingerprint density at radius 2 is 2.03 bits per heavy atom. The molecule has 2 heterocycles. The van der Waals surface area contributed by atoms with E-state index in [-0.39, 0.29) is 36.6 Å². The lowest BCUT2D eigenvalue weighted by atomic mass is 10.0. The van der Waals surface area contributed by atoms with Crippen LogP contribution in [0, 0.1) is 10.1 Å². The van der Waals surface area contributed by atoms with E-state index in [1.807, 2.05) is 0 Å². The summed E-state index contributed by atoms with van der Waals surface area (Å²) in [4.78, 5) is 19.3. The van der Waals surface area contributed by atoms with Gasteiger partial charge in [0.25, 0.3) is 5.69 Å². The fraction of sp³-hybridized carbons (Fsp3) is 0.417. The number of aliphatic hydroxyl groups excluding tert-OH is 1. The van der Waals surface area contributed by atoms with E-state index in [4.69, 9.17) is 14.2 Å². The summed E-state index contributed by atoms with van der Waals surface area (Å²) >= 11 is 0. The van der Waals surface area contributed by atoms with Crippen molar-refractivity contribution in [3.8, 4) is 11.5 Å². The number of anilines is 2. The summed E-state index contributed by atoms with van der Waals surface area (Å²) in [5, 5.41) is 26.9. The van der Waals surface area contributed by atoms with E-state index < -0.39 is 28.4 Å². The molecule has 1 saturated heterocycles. The third kappa shape index (κ3) is 6.14. The number of halogens is 3. The second kappa shape index (κ2) is 11.2. The van der Waals surface area contributed by atoms with E-state index in [1.54, 1.807) is 19.1 Å². The Morgan fingerprint density at radius 1 is 1.24 bits per heavy atom. The maximum absolute atomic E-state index is 13.4. The number of ether oxygens (including phenoxy) is 3. The van der Waals surface area contributed by atoms with Gasteiger partial charge in [-0.05, 0) is 24.6 Å². The Bertz CT molecular complexity index is 1320. The van der Waals surface area contributed by atoms with Crippen LogP contribution >= 0.6 is 0 Å². The molecule has 1 aliphatic heterocycles. The number of aliphatic hydroxyl groups is 1. The van der Waals surface area contributed by atoms with Crippen molar-refractivity contribution in [2.45, 2.75) is 31.7 Å². The maximum atomic E-state index is 13.4. The molecule has 11 nitrogen and oxygen atoms in total. The molecule has 0 bridgehead atoms. The van der Waals surface area contributed by atoms with Gasteiger partial charge in [-0.25, -0.2) is 4.98 Å². The lowest BCUT2D eigenvalue weighted by molar-refractivity contribution is -0.385. The first-order valence-corrected chi connectivity index (χ1v) is 11.7. The third-order valence-corrected chi connectivity index (χ3v) is 5.89. The summed E-state index contributed by atoms with van der Waals surface area (Å²) in [6.07, 6.45) is -4.26. The first-order valence-electron chi connectivity index (χ1n) is 11.7. The van der Waals surface area contributed by atoms with Crippen molar-refractivity contribution >= 4 is 28.4 Å². The highest BCUT2D eigenvalue weighted by Gasteiger charge is 2.33. The normalized spacial score (nSPS) is 16.3. The summed E-state index contributed by atoms with van der Waals surface area (Å²) in [7, 11) is 1.48. The highest BCUT2D eigenvalue weighted by molar-refractivity contribution is 5.93. The number of non-ortho nitro benzene ring substituents is 1. The number of fused-ring (bicyclic) bond motifs is 1. The molecule has 1 aliphatic rings. The number of nitro benzene ring substituents is 1. The minimum Gasteiger partial charge on any atom is -0.493 e. The van der Waals surface area contributed by atoms with E-state index in [9.17, 15) is 28.4 Å². The number of hydrogen-bond donors (Lipinski definition) is 3. The van der Waals surface area contributed by atoms with Crippen LogP contribution < -0.4 is 20.1 Å². The highest BCUT2D eigenvalue weighted by atomic mass is 19.4. The average molecular weight is 537 g/mol. The van der Waals surface area contributed by atoms with Gasteiger partial charge < -0.3 is 30.0 Å². The molecular weight excluding hydrogens is 511 g/mol. The highest BCUT2D eigenvalue weighted by Crippen LogP contribution is 2.38. The van der Waals surface area contributed by atoms with Crippen molar-refractivity contribution in [3.05, 3.63) is 51.6 Å². The van der Waals surface area contributed by atoms with Gasteiger partial charge in [0.1, 0.15) is 11.9 Å². The monoisotopic (exact) mass is 537 g/mol. The van der Waals surface area contributed by atoms with Crippen LogP contribution in [0.2, 0.25) is 0 Å². The van der Waals surface area contributed by atoms with Crippen LogP contribution in [0.1, 0.15) is 30.5 Å². The number of hydrogen-bond acceptors (Lipinski definition) is 10. The number of nitro groups is 1. The standard InChI is InChI=1S/C24H26F3N5O6/c1-13(14-7-15(24(25,26)27)9-16(8-14)32(34)35)29-22-18-10-21(38-17-3-6-37-12-17)20(36-2)11-19(18)30-23(31-22)28-4-5-33/h7-11,13,17,33H,3-6,12H2,1-2H3,(H2,28,29,30,31)/t13-,17+/m1/s1. The summed E-state index contributed by atoms with van der Waals surface area (Å²) in [6.45, 7) is 2.51. The van der Waals surface area contributed by atoms with E-state index >= 15 is 0 Å². The molecule has 38 heavy (non-hydrogen) atoms. The van der Waals surface area contributed by atoms with Gasteiger partial charge in [-0.1, -0.05) is 0 Å². The predicted molar refractivity (Wildman–Crippen MR) is 132 cm³/mol. The third-order valence-electron chi connectivity index (χ3n) is 5.89. The topological polar surface area (TPSA) is 141 Å². The van der Waals surface area contributed by atoms with Gasteiger partial charge in [0.05, 0.1) is 49.0 Å². The SMILES string of the molecule is COc1cc2nc(NCCO)nc(N[C@H](C)c3cc([N+](=O)[O-])cc(C(F)(F)F)c3)c2cc1O[C@H]1CCOC1. The maximum Gasteiger partial charge on any atom is 0.416 e. The zero-order valence-corrected chi connectivity index (χ0v) is 20.5. The molecule has 1 fully saturated rings. The summed E-state index contributed by atoms with van der Waals surface area (Å²) < 4.78 is 57.2. The molecule has 3 N–H and O–H groups in total. The predicted octanol–water partition coefficient (Wildman–Crippen LogP) is 4.31. The molecule has 0 aliphatic carbocycles. The number of aromatic nitrogens is 2. The van der Waals surface area contributed by atoms with Crippen molar-refractivity contribution in [1.29, 1.82) is 0 Å². The molecule has 204 valence electrons. The van der Waals surface area contributed by atoms with Crippen molar-refractivity contribution in [2.75, 3.05) is 44.1 Å². The van der Waals surface area contributed by atoms with Crippen molar-refractivity contribution in [2.24, 2.45) is 0 Å². The van der Waals surface area contributed by atoms with E-state index in [2.05, 4.69) is 20.6 Å². The Morgan fingerprint density at radius 3 is 2.66 bits per heavy atom. The summed E-state index contributed by atoms with van der Waals surface area (Å²) in [5.74, 6) is 1.19.